The van der Waals surface area contributed by atoms with E-state index < -0.39 is 14.1 Å². The molecule has 1 aromatic rings. The zero-order valence-corrected chi connectivity index (χ0v) is 22.3. The summed E-state index contributed by atoms with van der Waals surface area (Å²) in [7, 11) is -0.473. The third-order valence-electron chi connectivity index (χ3n) is 5.11. The Morgan fingerprint density at radius 2 is 1.91 bits per heavy atom. The summed E-state index contributed by atoms with van der Waals surface area (Å²) in [6.45, 7) is 13.2. The summed E-state index contributed by atoms with van der Waals surface area (Å²) >= 11 is 1.09. The monoisotopic (exact) mass is 481 g/mol. The molecule has 1 saturated carbocycles. The van der Waals surface area contributed by atoms with Gasteiger partial charge in [0.1, 0.15) is 4.88 Å². The topological polar surface area (TPSA) is 66.8 Å². The van der Waals surface area contributed by atoms with Gasteiger partial charge in [0.05, 0.1) is 17.2 Å². The summed E-state index contributed by atoms with van der Waals surface area (Å²) in [5.41, 5.74) is 0.204. The van der Waals surface area contributed by atoms with Crippen LogP contribution in [0.15, 0.2) is 6.07 Å². The number of aromatic carboxylic acids is 1. The predicted molar refractivity (Wildman–Crippen MR) is 137 cm³/mol. The lowest BCUT2D eigenvalue weighted by molar-refractivity contribution is -0.107. The van der Waals surface area contributed by atoms with Gasteiger partial charge in [0.15, 0.2) is 0 Å². The average molecular weight is 482 g/mol. The molecular weight excluding hydrogens is 441 g/mol. The Bertz CT molecular complexity index is 765. The predicted octanol–water partition coefficient (Wildman–Crippen LogP) is 6.85. The second-order valence-corrected chi connectivity index (χ2v) is 12.7. The molecule has 5 nitrogen and oxygen atoms in total. The molecular formula is C25H40NO4PS. The van der Waals surface area contributed by atoms with Crippen molar-refractivity contribution in [1.29, 1.82) is 0 Å². The van der Waals surface area contributed by atoms with Crippen molar-refractivity contribution >= 4 is 37.6 Å². The van der Waals surface area contributed by atoms with E-state index in [-0.39, 0.29) is 10.3 Å². The molecule has 0 aliphatic heterocycles. The molecule has 1 heterocycles. The van der Waals surface area contributed by atoms with Crippen LogP contribution in [0.1, 0.15) is 88.2 Å². The van der Waals surface area contributed by atoms with Gasteiger partial charge in [-0.1, -0.05) is 64.7 Å². The van der Waals surface area contributed by atoms with E-state index in [4.69, 9.17) is 4.52 Å². The van der Waals surface area contributed by atoms with Gasteiger partial charge in [-0.2, -0.15) is 0 Å². The highest BCUT2D eigenvalue weighted by atomic mass is 32.1. The average Bonchev–Trinajstić information content (AvgIpc) is 3.18. The summed E-state index contributed by atoms with van der Waals surface area (Å²) in [6.07, 6.45) is 10.0. The largest absolute Gasteiger partial charge is 0.477 e. The van der Waals surface area contributed by atoms with E-state index in [1.807, 2.05) is 20.8 Å². The van der Waals surface area contributed by atoms with Crippen LogP contribution in [0, 0.1) is 23.2 Å². The lowest BCUT2D eigenvalue weighted by Gasteiger charge is -2.19. The number of thiophene rings is 1. The number of amides is 1. The molecule has 1 fully saturated rings. The number of rotatable bonds is 9. The van der Waals surface area contributed by atoms with E-state index >= 15 is 0 Å². The summed E-state index contributed by atoms with van der Waals surface area (Å²) in [6, 6.07) is 1.67. The molecule has 1 aliphatic carbocycles. The Morgan fingerprint density at radius 3 is 2.34 bits per heavy atom. The quantitative estimate of drug-likeness (QED) is 0.238. The van der Waals surface area contributed by atoms with Gasteiger partial charge in [0.25, 0.3) is 0 Å². The first-order chi connectivity index (χ1) is 15.1. The van der Waals surface area contributed by atoms with Crippen LogP contribution in [0.4, 0.5) is 5.69 Å². The van der Waals surface area contributed by atoms with Crippen molar-refractivity contribution in [3.63, 3.8) is 0 Å². The highest BCUT2D eigenvalue weighted by Crippen LogP contribution is 2.35. The molecule has 0 radical (unpaired) electrons. The van der Waals surface area contributed by atoms with Gasteiger partial charge in [-0.25, -0.2) is 4.79 Å². The molecule has 0 spiro atoms. The van der Waals surface area contributed by atoms with Crippen LogP contribution in [0.25, 0.3) is 0 Å². The molecule has 1 aromatic heterocycles. The van der Waals surface area contributed by atoms with Crippen LogP contribution < -0.4 is 4.90 Å². The highest BCUT2D eigenvalue weighted by Gasteiger charge is 2.20. The lowest BCUT2D eigenvalue weighted by atomic mass is 9.91. The van der Waals surface area contributed by atoms with E-state index in [0.717, 1.165) is 29.6 Å². The van der Waals surface area contributed by atoms with Gasteiger partial charge in [-0.15, -0.1) is 11.3 Å². The summed E-state index contributed by atoms with van der Waals surface area (Å²) in [4.78, 5) is 25.1. The first-order valence-electron chi connectivity index (χ1n) is 11.6. The Labute approximate surface area is 199 Å². The number of carboxylic acid groups (broad SMARTS) is 1. The molecule has 0 bridgehead atoms. The molecule has 180 valence electrons. The van der Waals surface area contributed by atoms with E-state index in [2.05, 4.69) is 32.6 Å². The number of carboxylic acids is 1. The van der Waals surface area contributed by atoms with E-state index in [9.17, 15) is 14.7 Å². The fourth-order valence-corrected chi connectivity index (χ4v) is 5.28. The zero-order chi connectivity index (χ0) is 24.1. The fraction of sp³-hybridized carbons (Fsp3) is 0.680. The van der Waals surface area contributed by atoms with Crippen molar-refractivity contribution in [2.45, 2.75) is 73.6 Å². The van der Waals surface area contributed by atoms with Crippen molar-refractivity contribution in [2.24, 2.45) is 11.3 Å². The molecule has 1 amide bonds. The van der Waals surface area contributed by atoms with Crippen LogP contribution in [-0.2, 0) is 9.32 Å². The standard InChI is InChI=1S/C18H26NO4PS.C7H14/c1-6-24(7-2)23-11-10-19(13-20)15-12-14(8-9-18(3,4)5)25-16(15)17(21)22;1-7-5-3-2-4-6-7/h12-13H,6-7,10-11H2,1-5H3,(H,21,22);7H,2-6H2,1H3. The Hall–Kier alpha value is -1.41. The van der Waals surface area contributed by atoms with Gasteiger partial charge in [-0.3, -0.25) is 4.79 Å². The third-order valence-corrected chi connectivity index (χ3v) is 8.10. The maximum absolute atomic E-state index is 11.5. The normalized spacial score (nSPS) is 14.2. The summed E-state index contributed by atoms with van der Waals surface area (Å²) in [5.74, 6) is 6.07. The van der Waals surface area contributed by atoms with Crippen molar-refractivity contribution < 1.29 is 19.2 Å². The van der Waals surface area contributed by atoms with Gasteiger partial charge in [-0.05, 0) is 45.1 Å². The Morgan fingerprint density at radius 1 is 1.28 bits per heavy atom. The minimum absolute atomic E-state index is 0.124. The van der Waals surface area contributed by atoms with Crippen LogP contribution >= 0.6 is 19.5 Å². The Balaban J connectivity index is 0.000000616. The molecule has 2 rings (SSSR count). The summed E-state index contributed by atoms with van der Waals surface area (Å²) in [5, 5.41) is 9.43. The van der Waals surface area contributed by atoms with E-state index in [1.54, 1.807) is 6.07 Å². The van der Waals surface area contributed by atoms with Crippen molar-refractivity contribution in [3.05, 3.63) is 15.8 Å². The van der Waals surface area contributed by atoms with Gasteiger partial charge in [0, 0.05) is 20.1 Å². The van der Waals surface area contributed by atoms with Crippen LogP contribution in [0.5, 0.6) is 0 Å². The smallest absolute Gasteiger partial charge is 0.348 e. The number of carbonyl (C=O) groups is 2. The van der Waals surface area contributed by atoms with Gasteiger partial charge >= 0.3 is 5.97 Å². The highest BCUT2D eigenvalue weighted by molar-refractivity contribution is 7.52. The molecule has 0 saturated heterocycles. The van der Waals surface area contributed by atoms with E-state index in [0.29, 0.717) is 30.1 Å². The maximum Gasteiger partial charge on any atom is 0.348 e. The second-order valence-electron chi connectivity index (χ2n) is 9.12. The third kappa shape index (κ3) is 10.9. The minimum atomic E-state index is -1.05. The lowest BCUT2D eigenvalue weighted by Crippen LogP contribution is -2.26. The van der Waals surface area contributed by atoms with Crippen LogP contribution in [0.3, 0.4) is 0 Å². The SMILES string of the molecule is CC1CCCCC1.CCP(CC)OCCN(C=O)c1cc(C#CC(C)(C)C)sc1C(=O)O. The first kappa shape index (κ1) is 28.6. The van der Waals surface area contributed by atoms with Gasteiger partial charge < -0.3 is 14.5 Å². The number of hydrogen-bond donors (Lipinski definition) is 1. The number of hydrogen-bond acceptors (Lipinski definition) is 4. The molecule has 7 heteroatoms. The van der Waals surface area contributed by atoms with Crippen LogP contribution in [0.2, 0.25) is 0 Å². The fourth-order valence-electron chi connectivity index (χ4n) is 3.27. The first-order valence-corrected chi connectivity index (χ1v) is 14.1. The van der Waals surface area contributed by atoms with Crippen LogP contribution in [-0.4, -0.2) is 43.0 Å². The molecule has 0 aromatic carbocycles. The number of anilines is 1. The molecule has 0 unspecified atom stereocenters. The molecule has 1 aliphatic rings. The van der Waals surface area contributed by atoms with Crippen molar-refractivity contribution in [1.82, 2.24) is 0 Å². The van der Waals surface area contributed by atoms with E-state index in [1.165, 1.54) is 37.0 Å². The zero-order valence-electron chi connectivity index (χ0n) is 20.6. The minimum Gasteiger partial charge on any atom is -0.477 e. The van der Waals surface area contributed by atoms with Gasteiger partial charge in [0.2, 0.25) is 6.41 Å². The van der Waals surface area contributed by atoms with Crippen molar-refractivity contribution in [3.8, 4) is 11.8 Å². The Kier molecular flexibility index (Phi) is 13.1. The molecule has 0 atom stereocenters. The second kappa shape index (κ2) is 14.7. The summed E-state index contributed by atoms with van der Waals surface area (Å²) < 4.78 is 5.79. The molecule has 32 heavy (non-hydrogen) atoms. The van der Waals surface area contributed by atoms with Crippen molar-refractivity contribution in [2.75, 3.05) is 30.4 Å². The number of nitrogens with zero attached hydrogens (tertiary/aromatic N) is 1. The maximum atomic E-state index is 11.5. The molecule has 1 N–H and O–H groups in total. The number of carbonyl (C=O) groups excluding carboxylic acids is 1.